The molecule has 7 heteroatoms. The topological polar surface area (TPSA) is 82.7 Å². The van der Waals surface area contributed by atoms with Gasteiger partial charge in [-0.25, -0.2) is 14.2 Å². The third-order valence-corrected chi connectivity index (χ3v) is 4.05. The van der Waals surface area contributed by atoms with Crippen molar-refractivity contribution in [3.63, 3.8) is 0 Å². The lowest BCUT2D eigenvalue weighted by Gasteiger charge is -2.07. The maximum absolute atomic E-state index is 12.8. The fraction of sp³-hybridized carbons (Fsp3) is 0.235. The zero-order valence-electron chi connectivity index (χ0n) is 12.8. The van der Waals surface area contributed by atoms with Gasteiger partial charge in [0, 0.05) is 30.1 Å². The second-order valence-electron chi connectivity index (χ2n) is 5.93. The summed E-state index contributed by atoms with van der Waals surface area (Å²) in [6, 6.07) is 7.38. The first-order chi connectivity index (χ1) is 11.7. The molecule has 1 aliphatic carbocycles. The summed E-state index contributed by atoms with van der Waals surface area (Å²) in [5.41, 5.74) is 2.74. The van der Waals surface area contributed by atoms with E-state index in [1.165, 1.54) is 25.0 Å². The molecule has 0 spiro atoms. The highest BCUT2D eigenvalue weighted by molar-refractivity contribution is 5.91. The molecule has 2 aromatic heterocycles. The molecular weight excluding hydrogens is 309 g/mol. The van der Waals surface area contributed by atoms with Gasteiger partial charge in [0.1, 0.15) is 11.6 Å². The van der Waals surface area contributed by atoms with E-state index in [0.717, 1.165) is 22.2 Å². The van der Waals surface area contributed by atoms with Crippen LogP contribution in [0, 0.1) is 5.82 Å². The number of fused-ring (bicyclic) bond motifs is 1. The van der Waals surface area contributed by atoms with Crippen LogP contribution in [-0.2, 0) is 6.54 Å². The van der Waals surface area contributed by atoms with E-state index in [-0.39, 0.29) is 11.8 Å². The van der Waals surface area contributed by atoms with Crippen molar-refractivity contribution in [1.29, 1.82) is 0 Å². The molecule has 3 N–H and O–H groups in total. The van der Waals surface area contributed by atoms with Crippen molar-refractivity contribution in [1.82, 2.24) is 20.5 Å². The highest BCUT2D eigenvalue weighted by atomic mass is 19.1. The number of pyridine rings is 1. The second kappa shape index (κ2) is 5.92. The van der Waals surface area contributed by atoms with Crippen molar-refractivity contribution >= 4 is 22.8 Å². The Morgan fingerprint density at radius 2 is 2.08 bits per heavy atom. The van der Waals surface area contributed by atoms with Crippen molar-refractivity contribution in [2.75, 3.05) is 5.32 Å². The fourth-order valence-electron chi connectivity index (χ4n) is 2.61. The van der Waals surface area contributed by atoms with Gasteiger partial charge >= 0.3 is 6.03 Å². The Morgan fingerprint density at radius 1 is 1.29 bits per heavy atom. The van der Waals surface area contributed by atoms with E-state index in [1.807, 2.05) is 0 Å². The predicted molar refractivity (Wildman–Crippen MR) is 88.1 cm³/mol. The maximum atomic E-state index is 12.8. The third kappa shape index (κ3) is 3.05. The lowest BCUT2D eigenvalue weighted by Crippen LogP contribution is -2.28. The summed E-state index contributed by atoms with van der Waals surface area (Å²) in [5.74, 6) is 0.689. The van der Waals surface area contributed by atoms with Crippen LogP contribution in [0.3, 0.4) is 0 Å². The van der Waals surface area contributed by atoms with Crippen LogP contribution in [-0.4, -0.2) is 21.2 Å². The minimum Gasteiger partial charge on any atom is -0.334 e. The Morgan fingerprint density at radius 3 is 2.83 bits per heavy atom. The molecule has 6 nitrogen and oxygen atoms in total. The summed E-state index contributed by atoms with van der Waals surface area (Å²) in [7, 11) is 0. The molecule has 3 aromatic rings. The lowest BCUT2D eigenvalue weighted by molar-refractivity contribution is 0.251. The number of benzene rings is 1. The standard InChI is InChI=1S/C17H16FN5O/c18-12-5-1-10(2-6-12)8-20-17(24)21-15-7-14-13(9-19-15)16(23-22-14)11-3-4-11/h1-2,5-7,9,11H,3-4,8H2,(H,22,23)(H2,19,20,21,24). The number of nitrogens with zero attached hydrogens (tertiary/aromatic N) is 2. The molecule has 1 fully saturated rings. The molecule has 0 unspecified atom stereocenters. The average molecular weight is 325 g/mol. The highest BCUT2D eigenvalue weighted by Crippen LogP contribution is 2.41. The average Bonchev–Trinajstić information content (AvgIpc) is 3.34. The van der Waals surface area contributed by atoms with Crippen molar-refractivity contribution in [3.05, 3.63) is 53.6 Å². The van der Waals surface area contributed by atoms with E-state index in [0.29, 0.717) is 18.3 Å². The summed E-state index contributed by atoms with van der Waals surface area (Å²) < 4.78 is 12.8. The van der Waals surface area contributed by atoms with E-state index < -0.39 is 0 Å². The van der Waals surface area contributed by atoms with Crippen LogP contribution in [0.1, 0.15) is 30.0 Å². The summed E-state index contributed by atoms with van der Waals surface area (Å²) in [6.07, 6.45) is 4.08. The van der Waals surface area contributed by atoms with Gasteiger partial charge in [0.15, 0.2) is 0 Å². The minimum absolute atomic E-state index is 0.300. The number of aromatic amines is 1. The number of carbonyl (C=O) groups excluding carboxylic acids is 1. The molecule has 0 saturated heterocycles. The molecule has 1 aromatic carbocycles. The van der Waals surface area contributed by atoms with Crippen molar-refractivity contribution in [2.24, 2.45) is 0 Å². The minimum atomic E-state index is -0.367. The fourth-order valence-corrected chi connectivity index (χ4v) is 2.61. The number of carbonyl (C=O) groups is 1. The molecule has 0 aliphatic heterocycles. The lowest BCUT2D eigenvalue weighted by atomic mass is 10.2. The molecule has 2 heterocycles. The predicted octanol–water partition coefficient (Wildman–Crippen LogP) is 3.30. The van der Waals surface area contributed by atoms with E-state index in [2.05, 4.69) is 25.8 Å². The zero-order valence-corrected chi connectivity index (χ0v) is 12.8. The molecule has 4 rings (SSSR count). The van der Waals surface area contributed by atoms with Gasteiger partial charge < -0.3 is 5.32 Å². The normalized spacial score (nSPS) is 13.9. The Bertz CT molecular complexity index is 886. The third-order valence-electron chi connectivity index (χ3n) is 4.05. The number of hydrogen-bond acceptors (Lipinski definition) is 3. The van der Waals surface area contributed by atoms with Gasteiger partial charge in [-0.2, -0.15) is 5.10 Å². The molecule has 1 aliphatic rings. The van der Waals surface area contributed by atoms with Crippen LogP contribution >= 0.6 is 0 Å². The number of H-pyrrole nitrogens is 1. The molecule has 1 saturated carbocycles. The van der Waals surface area contributed by atoms with Crippen LogP contribution in [0.5, 0.6) is 0 Å². The molecule has 0 bridgehead atoms. The monoisotopic (exact) mass is 325 g/mol. The Hall–Kier alpha value is -2.96. The molecule has 0 atom stereocenters. The van der Waals surface area contributed by atoms with Gasteiger partial charge in [0.05, 0.1) is 11.2 Å². The van der Waals surface area contributed by atoms with Gasteiger partial charge in [-0.1, -0.05) is 12.1 Å². The summed E-state index contributed by atoms with van der Waals surface area (Å²) in [4.78, 5) is 16.2. The SMILES string of the molecule is O=C(NCc1ccc(F)cc1)Nc1cc2[nH]nc(C3CC3)c2cn1. The van der Waals surface area contributed by atoms with E-state index in [4.69, 9.17) is 0 Å². The van der Waals surface area contributed by atoms with Crippen LogP contribution in [0.2, 0.25) is 0 Å². The van der Waals surface area contributed by atoms with E-state index in [9.17, 15) is 9.18 Å². The highest BCUT2D eigenvalue weighted by Gasteiger charge is 2.28. The number of hydrogen-bond donors (Lipinski definition) is 3. The van der Waals surface area contributed by atoms with Crippen molar-refractivity contribution < 1.29 is 9.18 Å². The molecule has 2 amide bonds. The number of rotatable bonds is 4. The zero-order chi connectivity index (χ0) is 16.5. The van der Waals surface area contributed by atoms with Gasteiger partial charge in [-0.3, -0.25) is 10.4 Å². The summed E-state index contributed by atoms with van der Waals surface area (Å²) in [5, 5.41) is 13.7. The summed E-state index contributed by atoms with van der Waals surface area (Å²) >= 11 is 0. The number of aromatic nitrogens is 3. The largest absolute Gasteiger partial charge is 0.334 e. The Labute approximate surface area is 137 Å². The van der Waals surface area contributed by atoms with Crippen molar-refractivity contribution in [2.45, 2.75) is 25.3 Å². The number of halogens is 1. The molecule has 0 radical (unpaired) electrons. The smallest absolute Gasteiger partial charge is 0.320 e. The number of nitrogens with one attached hydrogen (secondary N) is 3. The van der Waals surface area contributed by atoms with Crippen molar-refractivity contribution in [3.8, 4) is 0 Å². The first-order valence-electron chi connectivity index (χ1n) is 7.82. The molecule has 122 valence electrons. The quantitative estimate of drug-likeness (QED) is 0.688. The van der Waals surface area contributed by atoms with Crippen LogP contribution in [0.15, 0.2) is 36.5 Å². The van der Waals surface area contributed by atoms with Gasteiger partial charge in [-0.05, 0) is 30.5 Å². The second-order valence-corrected chi connectivity index (χ2v) is 5.93. The summed E-state index contributed by atoms with van der Waals surface area (Å²) in [6.45, 7) is 0.310. The number of urea groups is 1. The van der Waals surface area contributed by atoms with Gasteiger partial charge in [-0.15, -0.1) is 0 Å². The van der Waals surface area contributed by atoms with Gasteiger partial charge in [0.25, 0.3) is 0 Å². The van der Waals surface area contributed by atoms with Crippen LogP contribution in [0.25, 0.3) is 10.9 Å². The van der Waals surface area contributed by atoms with Gasteiger partial charge in [0.2, 0.25) is 0 Å². The first kappa shape index (κ1) is 14.6. The van der Waals surface area contributed by atoms with E-state index >= 15 is 0 Å². The first-order valence-corrected chi connectivity index (χ1v) is 7.82. The Kier molecular flexibility index (Phi) is 3.60. The van der Waals surface area contributed by atoms with Crippen LogP contribution < -0.4 is 10.6 Å². The molecule has 24 heavy (non-hydrogen) atoms. The Balaban J connectivity index is 1.40. The van der Waals surface area contributed by atoms with E-state index in [1.54, 1.807) is 24.4 Å². The number of amides is 2. The molecular formula is C17H16FN5O. The maximum Gasteiger partial charge on any atom is 0.320 e. The van der Waals surface area contributed by atoms with Crippen LogP contribution in [0.4, 0.5) is 15.0 Å². The number of anilines is 1.